The molecular formula is C25H35NO2. The smallest absolute Gasteiger partial charge is 0.0717 e. The van der Waals surface area contributed by atoms with Crippen LogP contribution in [-0.2, 0) is 11.3 Å². The van der Waals surface area contributed by atoms with Gasteiger partial charge in [-0.05, 0) is 23.5 Å². The summed E-state index contributed by atoms with van der Waals surface area (Å²) in [6.07, 6.45) is 6.73. The Balaban J connectivity index is 2.03. The van der Waals surface area contributed by atoms with Gasteiger partial charge in [0.05, 0.1) is 25.9 Å². The highest BCUT2D eigenvalue weighted by Crippen LogP contribution is 2.20. The van der Waals surface area contributed by atoms with Crippen LogP contribution in [0.15, 0.2) is 73.3 Å². The number of benzene rings is 2. The summed E-state index contributed by atoms with van der Waals surface area (Å²) >= 11 is 0. The highest BCUT2D eigenvalue weighted by molar-refractivity contribution is 5.19. The van der Waals surface area contributed by atoms with Gasteiger partial charge in [-0.15, -0.1) is 6.58 Å². The Morgan fingerprint density at radius 3 is 2.32 bits per heavy atom. The van der Waals surface area contributed by atoms with Crippen LogP contribution in [0.25, 0.3) is 0 Å². The zero-order chi connectivity index (χ0) is 20.0. The van der Waals surface area contributed by atoms with Crippen molar-refractivity contribution >= 4 is 0 Å². The molecule has 3 heteroatoms. The summed E-state index contributed by atoms with van der Waals surface area (Å²) in [6, 6.07) is 20.3. The largest absolute Gasteiger partial charge is 0.394 e. The Hall–Kier alpha value is -1.94. The number of unbranched alkanes of at least 4 members (excludes halogenated alkanes) is 2. The van der Waals surface area contributed by atoms with Crippen molar-refractivity contribution in [3.63, 3.8) is 0 Å². The maximum Gasteiger partial charge on any atom is 0.0717 e. The van der Waals surface area contributed by atoms with E-state index in [2.05, 4.69) is 43.1 Å². The van der Waals surface area contributed by atoms with Crippen molar-refractivity contribution in [1.29, 1.82) is 0 Å². The molecule has 0 bridgehead atoms. The van der Waals surface area contributed by atoms with Gasteiger partial charge in [-0.2, -0.15) is 0 Å². The van der Waals surface area contributed by atoms with Gasteiger partial charge in [0.2, 0.25) is 0 Å². The second kappa shape index (κ2) is 13.3. The van der Waals surface area contributed by atoms with Gasteiger partial charge in [0, 0.05) is 6.04 Å². The first-order valence-corrected chi connectivity index (χ1v) is 10.4. The molecule has 0 heterocycles. The minimum Gasteiger partial charge on any atom is -0.394 e. The minimum atomic E-state index is -0.111. The van der Waals surface area contributed by atoms with Crippen LogP contribution >= 0.6 is 0 Å². The van der Waals surface area contributed by atoms with Gasteiger partial charge >= 0.3 is 0 Å². The molecule has 0 saturated carbocycles. The SMILES string of the molecule is C=C[C@H](CCCCC)[C@H](COCc1ccccc1)N[C@@H](CO)c1ccccc1. The van der Waals surface area contributed by atoms with Crippen LogP contribution in [0.1, 0.15) is 49.8 Å². The molecular weight excluding hydrogens is 346 g/mol. The highest BCUT2D eigenvalue weighted by atomic mass is 16.5. The third-order valence-corrected chi connectivity index (χ3v) is 5.17. The Bertz CT molecular complexity index is 644. The van der Waals surface area contributed by atoms with Crippen LogP contribution in [0.2, 0.25) is 0 Å². The average molecular weight is 382 g/mol. The van der Waals surface area contributed by atoms with Gasteiger partial charge in [0.25, 0.3) is 0 Å². The maximum absolute atomic E-state index is 9.97. The Morgan fingerprint density at radius 2 is 1.71 bits per heavy atom. The molecule has 0 aliphatic rings. The molecule has 0 fully saturated rings. The molecule has 2 aromatic carbocycles. The lowest BCUT2D eigenvalue weighted by molar-refractivity contribution is 0.0773. The number of nitrogens with one attached hydrogen (secondary N) is 1. The Kier molecular flexibility index (Phi) is 10.6. The molecule has 2 aromatic rings. The van der Waals surface area contributed by atoms with E-state index in [1.165, 1.54) is 24.8 Å². The molecule has 0 saturated heterocycles. The number of aliphatic hydroxyl groups excluding tert-OH is 1. The molecule has 152 valence electrons. The fraction of sp³-hybridized carbons (Fsp3) is 0.440. The number of hydrogen-bond donors (Lipinski definition) is 2. The first-order valence-electron chi connectivity index (χ1n) is 10.4. The zero-order valence-electron chi connectivity index (χ0n) is 17.1. The van der Waals surface area contributed by atoms with Gasteiger partial charge in [0.1, 0.15) is 0 Å². The van der Waals surface area contributed by atoms with Gasteiger partial charge in [-0.25, -0.2) is 0 Å². The molecule has 0 unspecified atom stereocenters. The molecule has 0 amide bonds. The van der Waals surface area contributed by atoms with Crippen molar-refractivity contribution in [2.75, 3.05) is 13.2 Å². The molecule has 28 heavy (non-hydrogen) atoms. The standard InChI is InChI=1S/C25H35NO2/c1-3-5-8-15-22(4-2)25(20-28-19-21-13-9-6-10-14-21)26-24(18-27)23-16-11-7-12-17-23/h4,6-7,9-14,16-17,22,24-27H,2-3,5,8,15,18-20H2,1H3/t22-,24+,25+/m1/s1. The van der Waals surface area contributed by atoms with E-state index < -0.39 is 0 Å². The van der Waals surface area contributed by atoms with Gasteiger partial charge in [0.15, 0.2) is 0 Å². The first kappa shape index (κ1) is 22.4. The van der Waals surface area contributed by atoms with E-state index in [4.69, 9.17) is 4.74 Å². The minimum absolute atomic E-state index is 0.0536. The molecule has 3 nitrogen and oxygen atoms in total. The van der Waals surface area contributed by atoms with E-state index in [-0.39, 0.29) is 18.7 Å². The second-order valence-electron chi connectivity index (χ2n) is 7.32. The van der Waals surface area contributed by atoms with E-state index in [1.807, 2.05) is 42.5 Å². The number of rotatable bonds is 14. The van der Waals surface area contributed by atoms with Gasteiger partial charge in [-0.3, -0.25) is 0 Å². The van der Waals surface area contributed by atoms with E-state index >= 15 is 0 Å². The summed E-state index contributed by atoms with van der Waals surface area (Å²) in [5.41, 5.74) is 2.26. The number of aliphatic hydroxyl groups is 1. The molecule has 0 aromatic heterocycles. The molecule has 0 radical (unpaired) electrons. The molecule has 0 spiro atoms. The predicted octanol–water partition coefficient (Wildman–Crippen LogP) is 5.28. The molecule has 0 aliphatic carbocycles. The van der Waals surface area contributed by atoms with Crippen LogP contribution in [0.4, 0.5) is 0 Å². The lowest BCUT2D eigenvalue weighted by Crippen LogP contribution is -2.42. The molecule has 0 aliphatic heterocycles. The monoisotopic (exact) mass is 381 g/mol. The maximum atomic E-state index is 9.97. The zero-order valence-corrected chi connectivity index (χ0v) is 17.1. The van der Waals surface area contributed by atoms with E-state index in [0.29, 0.717) is 19.1 Å². The third-order valence-electron chi connectivity index (χ3n) is 5.17. The van der Waals surface area contributed by atoms with Crippen molar-refractivity contribution in [2.24, 2.45) is 5.92 Å². The lowest BCUT2D eigenvalue weighted by atomic mass is 9.92. The summed E-state index contributed by atoms with van der Waals surface area (Å²) in [6.45, 7) is 7.52. The predicted molar refractivity (Wildman–Crippen MR) is 117 cm³/mol. The summed E-state index contributed by atoms with van der Waals surface area (Å²) in [5, 5.41) is 13.6. The molecule has 3 atom stereocenters. The molecule has 2 rings (SSSR count). The normalized spacial score (nSPS) is 14.4. The quantitative estimate of drug-likeness (QED) is 0.346. The third kappa shape index (κ3) is 7.59. The topological polar surface area (TPSA) is 41.5 Å². The summed E-state index contributed by atoms with van der Waals surface area (Å²) < 4.78 is 6.06. The van der Waals surface area contributed by atoms with Crippen LogP contribution in [0.5, 0.6) is 0 Å². The van der Waals surface area contributed by atoms with E-state index in [0.717, 1.165) is 12.0 Å². The molecule has 2 N–H and O–H groups in total. The second-order valence-corrected chi connectivity index (χ2v) is 7.32. The van der Waals surface area contributed by atoms with Gasteiger partial charge < -0.3 is 15.2 Å². The van der Waals surface area contributed by atoms with Crippen molar-refractivity contribution in [1.82, 2.24) is 5.32 Å². The highest BCUT2D eigenvalue weighted by Gasteiger charge is 2.23. The van der Waals surface area contributed by atoms with E-state index in [1.54, 1.807) is 0 Å². The Morgan fingerprint density at radius 1 is 1.04 bits per heavy atom. The van der Waals surface area contributed by atoms with Crippen molar-refractivity contribution in [3.05, 3.63) is 84.4 Å². The number of ether oxygens (including phenoxy) is 1. The van der Waals surface area contributed by atoms with Crippen LogP contribution < -0.4 is 5.32 Å². The van der Waals surface area contributed by atoms with Crippen molar-refractivity contribution in [2.45, 2.75) is 51.3 Å². The summed E-state index contributed by atoms with van der Waals surface area (Å²) in [5.74, 6) is 0.306. The van der Waals surface area contributed by atoms with Crippen LogP contribution in [-0.4, -0.2) is 24.4 Å². The van der Waals surface area contributed by atoms with Crippen LogP contribution in [0, 0.1) is 5.92 Å². The fourth-order valence-electron chi connectivity index (χ4n) is 3.48. The van der Waals surface area contributed by atoms with E-state index in [9.17, 15) is 5.11 Å². The van der Waals surface area contributed by atoms with Crippen LogP contribution in [0.3, 0.4) is 0 Å². The Labute approximate surface area is 170 Å². The average Bonchev–Trinajstić information content (AvgIpc) is 2.75. The van der Waals surface area contributed by atoms with Gasteiger partial charge in [-0.1, -0.05) is 92.9 Å². The first-order chi connectivity index (χ1) is 13.8. The van der Waals surface area contributed by atoms with Crippen molar-refractivity contribution < 1.29 is 9.84 Å². The fourth-order valence-corrected chi connectivity index (χ4v) is 3.48. The summed E-state index contributed by atoms with van der Waals surface area (Å²) in [7, 11) is 0. The summed E-state index contributed by atoms with van der Waals surface area (Å²) in [4.78, 5) is 0. The van der Waals surface area contributed by atoms with Crippen molar-refractivity contribution in [3.8, 4) is 0 Å². The number of hydrogen-bond acceptors (Lipinski definition) is 3. The lowest BCUT2D eigenvalue weighted by Gasteiger charge is -2.30.